The molecule has 1 heterocycles. The summed E-state index contributed by atoms with van der Waals surface area (Å²) in [6.45, 7) is 2.10. The average molecular weight is 320 g/mol. The van der Waals surface area contributed by atoms with Gasteiger partial charge in [-0.1, -0.05) is 31.3 Å². The number of nitrogens with one attached hydrogen (secondary N) is 1. The molecule has 0 bridgehead atoms. The Balaban J connectivity index is 1.97. The van der Waals surface area contributed by atoms with E-state index in [0.29, 0.717) is 22.3 Å². The highest BCUT2D eigenvalue weighted by atomic mass is 19.1. The van der Waals surface area contributed by atoms with Gasteiger partial charge in [0.25, 0.3) is 5.56 Å². The average Bonchev–Trinajstić information content (AvgIpc) is 2.58. The van der Waals surface area contributed by atoms with Crippen molar-refractivity contribution >= 4 is 10.9 Å². The molecule has 0 radical (unpaired) electrons. The van der Waals surface area contributed by atoms with E-state index in [0.717, 1.165) is 24.8 Å². The molecule has 0 spiro atoms. The summed E-state index contributed by atoms with van der Waals surface area (Å²) in [5, 5.41) is 0.548. The van der Waals surface area contributed by atoms with E-state index < -0.39 is 0 Å². The Kier molecular flexibility index (Phi) is 4.72. The Morgan fingerprint density at radius 2 is 1.92 bits per heavy atom. The number of aromatic nitrogens is 2. The highest BCUT2D eigenvalue weighted by Gasteiger charge is 2.04. The highest BCUT2D eigenvalue weighted by Crippen LogP contribution is 2.11. The molecular weight excluding hydrogens is 303 g/mol. The van der Waals surface area contributed by atoms with Crippen molar-refractivity contribution in [2.75, 3.05) is 0 Å². The Morgan fingerprint density at radius 3 is 2.67 bits per heavy atom. The van der Waals surface area contributed by atoms with Crippen LogP contribution in [0.3, 0.4) is 0 Å². The van der Waals surface area contributed by atoms with Crippen molar-refractivity contribution in [2.24, 2.45) is 0 Å². The van der Waals surface area contributed by atoms with Gasteiger partial charge >= 0.3 is 0 Å². The molecule has 0 aliphatic rings. The van der Waals surface area contributed by atoms with Crippen LogP contribution in [0.5, 0.6) is 0 Å². The van der Waals surface area contributed by atoms with Crippen molar-refractivity contribution in [3.05, 3.63) is 75.6 Å². The minimum Gasteiger partial charge on any atom is -0.310 e. The molecule has 0 aliphatic heterocycles. The first-order valence-corrected chi connectivity index (χ1v) is 7.96. The normalized spacial score (nSPS) is 10.4. The van der Waals surface area contributed by atoms with Crippen LogP contribution in [0.1, 0.15) is 36.7 Å². The van der Waals surface area contributed by atoms with Gasteiger partial charge in [-0.2, -0.15) is 0 Å². The Bertz CT molecular complexity index is 996. The molecule has 3 aromatic rings. The fourth-order valence-corrected chi connectivity index (χ4v) is 2.44. The highest BCUT2D eigenvalue weighted by molar-refractivity contribution is 5.79. The summed E-state index contributed by atoms with van der Waals surface area (Å²) in [5.41, 5.74) is 1.86. The zero-order chi connectivity index (χ0) is 16.9. The number of fused-ring (bicyclic) bond motifs is 1. The molecule has 2 aromatic carbocycles. The van der Waals surface area contributed by atoms with Gasteiger partial charge in [0.1, 0.15) is 11.6 Å². The Hall–Kier alpha value is -2.93. The third kappa shape index (κ3) is 3.69. The van der Waals surface area contributed by atoms with Crippen LogP contribution in [0, 0.1) is 17.7 Å². The molecule has 1 aromatic heterocycles. The molecule has 3 rings (SSSR count). The number of hydrogen-bond donors (Lipinski definition) is 1. The van der Waals surface area contributed by atoms with Crippen LogP contribution < -0.4 is 5.56 Å². The van der Waals surface area contributed by atoms with Crippen molar-refractivity contribution in [3.63, 3.8) is 0 Å². The molecule has 0 amide bonds. The van der Waals surface area contributed by atoms with Crippen molar-refractivity contribution in [3.8, 4) is 11.8 Å². The number of unbranched alkanes of at least 4 members (excludes halogenated alkanes) is 1. The van der Waals surface area contributed by atoms with Gasteiger partial charge in [-0.3, -0.25) is 4.79 Å². The van der Waals surface area contributed by atoms with Crippen molar-refractivity contribution in [1.82, 2.24) is 9.97 Å². The molecule has 0 unspecified atom stereocenters. The van der Waals surface area contributed by atoms with Crippen LogP contribution in [0.4, 0.5) is 4.39 Å². The van der Waals surface area contributed by atoms with Gasteiger partial charge < -0.3 is 4.98 Å². The fourth-order valence-electron chi connectivity index (χ4n) is 2.44. The first kappa shape index (κ1) is 15.9. The van der Waals surface area contributed by atoms with Gasteiger partial charge in [0.2, 0.25) is 0 Å². The maximum Gasteiger partial charge on any atom is 0.258 e. The SMILES string of the molecule is CCCCc1nc2cc(C#Cc3cccc(F)c3)ccc2c(=O)[nH]1. The van der Waals surface area contributed by atoms with Gasteiger partial charge in [-0.15, -0.1) is 0 Å². The van der Waals surface area contributed by atoms with E-state index in [1.165, 1.54) is 12.1 Å². The van der Waals surface area contributed by atoms with Crippen LogP contribution >= 0.6 is 0 Å². The maximum absolute atomic E-state index is 13.2. The number of H-pyrrole nitrogens is 1. The third-order valence-electron chi connectivity index (χ3n) is 3.70. The summed E-state index contributed by atoms with van der Waals surface area (Å²) < 4.78 is 13.2. The van der Waals surface area contributed by atoms with Gasteiger partial charge in [0, 0.05) is 17.5 Å². The standard InChI is InChI=1S/C20H17FN2O/c1-2-3-7-19-22-18-13-15(10-11-17(18)20(24)23-19)9-8-14-5-4-6-16(21)12-14/h4-6,10-13H,2-3,7H2,1H3,(H,22,23,24). The minimum atomic E-state index is -0.311. The topological polar surface area (TPSA) is 45.8 Å². The smallest absolute Gasteiger partial charge is 0.258 e. The summed E-state index contributed by atoms with van der Waals surface area (Å²) in [4.78, 5) is 19.5. The fraction of sp³-hybridized carbons (Fsp3) is 0.200. The zero-order valence-corrected chi connectivity index (χ0v) is 13.4. The third-order valence-corrected chi connectivity index (χ3v) is 3.70. The van der Waals surface area contributed by atoms with E-state index >= 15 is 0 Å². The molecule has 120 valence electrons. The predicted molar refractivity (Wildman–Crippen MR) is 93.4 cm³/mol. The molecule has 4 heteroatoms. The van der Waals surface area contributed by atoms with Crippen LogP contribution in [-0.2, 0) is 6.42 Å². The van der Waals surface area contributed by atoms with Crippen molar-refractivity contribution < 1.29 is 4.39 Å². The molecule has 0 fully saturated rings. The van der Waals surface area contributed by atoms with E-state index in [1.54, 1.807) is 30.3 Å². The predicted octanol–water partition coefficient (Wildman–Crippen LogP) is 3.80. The number of nitrogens with zero attached hydrogens (tertiary/aromatic N) is 1. The van der Waals surface area contributed by atoms with Crippen LogP contribution in [-0.4, -0.2) is 9.97 Å². The second-order valence-corrected chi connectivity index (χ2v) is 5.61. The molecule has 24 heavy (non-hydrogen) atoms. The molecule has 0 saturated carbocycles. The van der Waals surface area contributed by atoms with E-state index in [2.05, 4.69) is 28.7 Å². The number of hydrogen-bond acceptors (Lipinski definition) is 2. The minimum absolute atomic E-state index is 0.129. The lowest BCUT2D eigenvalue weighted by Gasteiger charge is -2.02. The van der Waals surface area contributed by atoms with Gasteiger partial charge in [0.15, 0.2) is 0 Å². The number of benzene rings is 2. The maximum atomic E-state index is 13.2. The molecule has 0 saturated heterocycles. The second kappa shape index (κ2) is 7.10. The first-order valence-electron chi connectivity index (χ1n) is 7.96. The lowest BCUT2D eigenvalue weighted by Crippen LogP contribution is -2.12. The summed E-state index contributed by atoms with van der Waals surface area (Å²) in [6, 6.07) is 11.4. The zero-order valence-electron chi connectivity index (χ0n) is 13.4. The number of halogens is 1. The molecule has 3 nitrogen and oxygen atoms in total. The van der Waals surface area contributed by atoms with Crippen molar-refractivity contribution in [1.29, 1.82) is 0 Å². The molecular formula is C20H17FN2O. The van der Waals surface area contributed by atoms with Crippen LogP contribution in [0.15, 0.2) is 47.3 Å². The Labute approximate surface area is 139 Å². The lowest BCUT2D eigenvalue weighted by atomic mass is 10.1. The number of rotatable bonds is 3. The summed E-state index contributed by atoms with van der Waals surface area (Å²) in [6.07, 6.45) is 2.77. The van der Waals surface area contributed by atoms with Crippen molar-refractivity contribution in [2.45, 2.75) is 26.2 Å². The molecule has 0 atom stereocenters. The molecule has 0 aliphatic carbocycles. The van der Waals surface area contributed by atoms with E-state index in [-0.39, 0.29) is 11.4 Å². The number of aryl methyl sites for hydroxylation is 1. The monoisotopic (exact) mass is 320 g/mol. The van der Waals surface area contributed by atoms with Gasteiger partial charge in [-0.25, -0.2) is 9.37 Å². The lowest BCUT2D eigenvalue weighted by molar-refractivity contribution is 0.627. The molecule has 1 N–H and O–H groups in total. The quantitative estimate of drug-likeness (QED) is 0.746. The van der Waals surface area contributed by atoms with E-state index in [9.17, 15) is 9.18 Å². The summed E-state index contributed by atoms with van der Waals surface area (Å²) in [7, 11) is 0. The summed E-state index contributed by atoms with van der Waals surface area (Å²) in [5.74, 6) is 6.31. The first-order chi connectivity index (χ1) is 11.7. The van der Waals surface area contributed by atoms with E-state index in [4.69, 9.17) is 0 Å². The Morgan fingerprint density at radius 1 is 1.12 bits per heavy atom. The van der Waals surface area contributed by atoms with Gasteiger partial charge in [-0.05, 0) is 42.8 Å². The van der Waals surface area contributed by atoms with Crippen LogP contribution in [0.25, 0.3) is 10.9 Å². The largest absolute Gasteiger partial charge is 0.310 e. The second-order valence-electron chi connectivity index (χ2n) is 5.61. The summed E-state index contributed by atoms with van der Waals surface area (Å²) >= 11 is 0. The van der Waals surface area contributed by atoms with E-state index in [1.807, 2.05) is 0 Å². The number of aromatic amines is 1. The van der Waals surface area contributed by atoms with Gasteiger partial charge in [0.05, 0.1) is 10.9 Å². The van der Waals surface area contributed by atoms with Crippen LogP contribution in [0.2, 0.25) is 0 Å².